The second-order valence-electron chi connectivity index (χ2n) is 10.9. The van der Waals surface area contributed by atoms with Crippen LogP contribution in [0.5, 0.6) is 0 Å². The van der Waals surface area contributed by atoms with E-state index in [4.69, 9.17) is 28.2 Å². The van der Waals surface area contributed by atoms with Gasteiger partial charge in [-0.2, -0.15) is 0 Å². The zero-order valence-corrected chi connectivity index (χ0v) is 27.9. The van der Waals surface area contributed by atoms with E-state index in [0.717, 1.165) is 61.3 Å². The molecule has 9 nitrogen and oxygen atoms in total. The third kappa shape index (κ3) is 9.89. The standard InChI is InChI=1S/C32H41Cl2N7O2.ClH/c1-39(2)17-5-16-35-32(43)24-10-13-27-28(20-24)38-31(37-27)29-21-25(22-40(29)3)36-30(42)7-4-6-23-8-11-26(12-9-23)41(18-14-33)19-15-34;/h8-13,20-22H,4-7,14-19H2,1-3H3,(H,35,43)(H,36,42)(H,37,38);1H. The van der Waals surface area contributed by atoms with Crippen molar-refractivity contribution in [1.29, 1.82) is 0 Å². The summed E-state index contributed by atoms with van der Waals surface area (Å²) in [5, 5.41) is 5.98. The van der Waals surface area contributed by atoms with Gasteiger partial charge >= 0.3 is 0 Å². The summed E-state index contributed by atoms with van der Waals surface area (Å²) in [7, 11) is 5.94. The summed E-state index contributed by atoms with van der Waals surface area (Å²) in [6.07, 6.45) is 4.74. The third-order valence-corrected chi connectivity index (χ3v) is 7.56. The van der Waals surface area contributed by atoms with Gasteiger partial charge in [-0.15, -0.1) is 35.6 Å². The van der Waals surface area contributed by atoms with Crippen LogP contribution in [0.3, 0.4) is 0 Å². The predicted octanol–water partition coefficient (Wildman–Crippen LogP) is 5.92. The second-order valence-corrected chi connectivity index (χ2v) is 11.6. The van der Waals surface area contributed by atoms with E-state index >= 15 is 0 Å². The summed E-state index contributed by atoms with van der Waals surface area (Å²) < 4.78 is 1.92. The summed E-state index contributed by atoms with van der Waals surface area (Å²) in [4.78, 5) is 37.6. The molecule has 12 heteroatoms. The molecular weight excluding hydrogens is 621 g/mol. The van der Waals surface area contributed by atoms with Gasteiger partial charge in [-0.1, -0.05) is 12.1 Å². The van der Waals surface area contributed by atoms with Gasteiger partial charge in [-0.3, -0.25) is 9.59 Å². The Balaban J connectivity index is 0.00000529. The molecule has 4 aromatic rings. The number of carbonyl (C=O) groups is 2. The highest BCUT2D eigenvalue weighted by atomic mass is 35.5. The van der Waals surface area contributed by atoms with E-state index < -0.39 is 0 Å². The molecule has 0 aliphatic carbocycles. The van der Waals surface area contributed by atoms with Crippen LogP contribution in [0.25, 0.3) is 22.6 Å². The smallest absolute Gasteiger partial charge is 0.251 e. The molecule has 0 radical (unpaired) electrons. The Hall–Kier alpha value is -3.24. The molecule has 0 unspecified atom stereocenters. The Morgan fingerprint density at radius 2 is 1.70 bits per heavy atom. The summed E-state index contributed by atoms with van der Waals surface area (Å²) in [5.74, 6) is 1.63. The summed E-state index contributed by atoms with van der Waals surface area (Å²) >= 11 is 11.8. The quantitative estimate of drug-likeness (QED) is 0.102. The fraction of sp³-hybridized carbons (Fsp3) is 0.406. The summed E-state index contributed by atoms with van der Waals surface area (Å²) in [6, 6.07) is 15.7. The van der Waals surface area contributed by atoms with Crippen molar-refractivity contribution in [1.82, 2.24) is 24.8 Å². The van der Waals surface area contributed by atoms with Gasteiger partial charge in [0.2, 0.25) is 5.91 Å². The third-order valence-electron chi connectivity index (χ3n) is 7.22. The maximum Gasteiger partial charge on any atom is 0.251 e. The summed E-state index contributed by atoms with van der Waals surface area (Å²) in [6.45, 7) is 3.05. The van der Waals surface area contributed by atoms with Crippen LogP contribution in [0.4, 0.5) is 11.4 Å². The molecule has 238 valence electrons. The van der Waals surface area contributed by atoms with Gasteiger partial charge in [0, 0.05) is 62.3 Å². The van der Waals surface area contributed by atoms with E-state index in [1.54, 1.807) is 6.07 Å². The number of alkyl halides is 2. The molecule has 3 N–H and O–H groups in total. The van der Waals surface area contributed by atoms with Gasteiger partial charge in [0.05, 0.1) is 22.4 Å². The van der Waals surface area contributed by atoms with Crippen LogP contribution in [0.2, 0.25) is 0 Å². The lowest BCUT2D eigenvalue weighted by atomic mass is 10.1. The van der Waals surface area contributed by atoms with Gasteiger partial charge in [0.15, 0.2) is 5.82 Å². The van der Waals surface area contributed by atoms with Crippen LogP contribution in [-0.2, 0) is 18.3 Å². The number of benzene rings is 2. The van der Waals surface area contributed by atoms with Crippen LogP contribution in [0.1, 0.15) is 35.2 Å². The maximum absolute atomic E-state index is 12.7. The number of imidazole rings is 1. The number of aromatic amines is 1. The number of carbonyl (C=O) groups excluding carboxylic acids is 2. The molecular formula is C32H42Cl3N7O2. The van der Waals surface area contributed by atoms with Gasteiger partial charge in [-0.05, 0) is 81.9 Å². The van der Waals surface area contributed by atoms with E-state index in [-0.39, 0.29) is 24.2 Å². The first kappa shape index (κ1) is 35.2. The Morgan fingerprint density at radius 3 is 2.39 bits per heavy atom. The van der Waals surface area contributed by atoms with E-state index in [9.17, 15) is 9.59 Å². The molecule has 0 bridgehead atoms. The average molecular weight is 663 g/mol. The number of hydrogen-bond acceptors (Lipinski definition) is 5. The predicted molar refractivity (Wildman–Crippen MR) is 185 cm³/mol. The molecule has 44 heavy (non-hydrogen) atoms. The normalized spacial score (nSPS) is 11.0. The highest BCUT2D eigenvalue weighted by Crippen LogP contribution is 2.25. The van der Waals surface area contributed by atoms with Crippen molar-refractivity contribution in [2.45, 2.75) is 25.7 Å². The van der Waals surface area contributed by atoms with Crippen molar-refractivity contribution in [2.75, 3.05) is 62.3 Å². The van der Waals surface area contributed by atoms with Crippen molar-refractivity contribution < 1.29 is 9.59 Å². The molecule has 0 spiro atoms. The minimum Gasteiger partial charge on any atom is -0.369 e. The number of hydrogen-bond donors (Lipinski definition) is 3. The first-order valence-electron chi connectivity index (χ1n) is 14.6. The molecule has 0 aliphatic heterocycles. The number of aromatic nitrogens is 3. The number of aryl methyl sites for hydroxylation is 2. The molecule has 2 aromatic carbocycles. The molecule has 2 heterocycles. The number of fused-ring (bicyclic) bond motifs is 1. The van der Waals surface area contributed by atoms with E-state index in [0.29, 0.717) is 41.8 Å². The Morgan fingerprint density at radius 1 is 0.977 bits per heavy atom. The number of anilines is 2. The second kappa shape index (κ2) is 17.3. The minimum atomic E-state index is -0.103. The number of amides is 2. The number of H-pyrrole nitrogens is 1. The fourth-order valence-electron chi connectivity index (χ4n) is 4.96. The zero-order chi connectivity index (χ0) is 30.8. The van der Waals surface area contributed by atoms with Crippen LogP contribution in [-0.4, -0.2) is 83.3 Å². The number of halogens is 3. The zero-order valence-electron chi connectivity index (χ0n) is 25.5. The molecule has 0 fully saturated rings. The van der Waals surface area contributed by atoms with E-state index in [1.165, 1.54) is 5.56 Å². The molecule has 2 amide bonds. The van der Waals surface area contributed by atoms with Crippen molar-refractivity contribution in [2.24, 2.45) is 7.05 Å². The Labute approximate surface area is 275 Å². The molecule has 0 saturated heterocycles. The SMILES string of the molecule is CN(C)CCCNC(=O)c1ccc2nc(-c3cc(NC(=O)CCCc4ccc(N(CCCl)CCCl)cc4)cn3C)[nH]c2c1.Cl. The van der Waals surface area contributed by atoms with Gasteiger partial charge in [0.25, 0.3) is 5.91 Å². The molecule has 4 rings (SSSR count). The maximum atomic E-state index is 12.7. The highest BCUT2D eigenvalue weighted by Gasteiger charge is 2.14. The molecule has 0 saturated carbocycles. The first-order chi connectivity index (χ1) is 20.8. The van der Waals surface area contributed by atoms with Crippen LogP contribution in [0, 0.1) is 0 Å². The minimum absolute atomic E-state index is 0. The van der Waals surface area contributed by atoms with Crippen molar-refractivity contribution in [3.8, 4) is 11.5 Å². The Kier molecular flexibility index (Phi) is 13.9. The van der Waals surface area contributed by atoms with E-state index in [1.807, 2.05) is 50.1 Å². The average Bonchev–Trinajstić information content (AvgIpc) is 3.57. The molecule has 0 atom stereocenters. The first-order valence-corrected chi connectivity index (χ1v) is 15.7. The lowest BCUT2D eigenvalue weighted by Gasteiger charge is -2.23. The van der Waals surface area contributed by atoms with Crippen molar-refractivity contribution in [3.63, 3.8) is 0 Å². The van der Waals surface area contributed by atoms with Gasteiger partial charge in [0.1, 0.15) is 0 Å². The van der Waals surface area contributed by atoms with Crippen molar-refractivity contribution >= 4 is 69.8 Å². The lowest BCUT2D eigenvalue weighted by molar-refractivity contribution is -0.116. The molecule has 0 aliphatic rings. The highest BCUT2D eigenvalue weighted by molar-refractivity contribution is 6.18. The van der Waals surface area contributed by atoms with Gasteiger partial charge in [-0.25, -0.2) is 4.98 Å². The summed E-state index contributed by atoms with van der Waals surface area (Å²) in [5.41, 5.74) is 5.96. The van der Waals surface area contributed by atoms with Crippen LogP contribution < -0.4 is 15.5 Å². The topological polar surface area (TPSA) is 98.3 Å². The monoisotopic (exact) mass is 661 g/mol. The van der Waals surface area contributed by atoms with Crippen LogP contribution >= 0.6 is 35.6 Å². The van der Waals surface area contributed by atoms with Gasteiger partial charge < -0.3 is 30.0 Å². The fourth-order valence-corrected chi connectivity index (χ4v) is 5.37. The number of nitrogens with one attached hydrogen (secondary N) is 3. The molecule has 2 aromatic heterocycles. The lowest BCUT2D eigenvalue weighted by Crippen LogP contribution is -2.27. The number of nitrogens with zero attached hydrogens (tertiary/aromatic N) is 4. The number of rotatable bonds is 16. The Bertz CT molecular complexity index is 1500. The van der Waals surface area contributed by atoms with Crippen LogP contribution in [0.15, 0.2) is 54.7 Å². The van der Waals surface area contributed by atoms with E-state index in [2.05, 4.69) is 49.7 Å². The van der Waals surface area contributed by atoms with Crippen molar-refractivity contribution in [3.05, 3.63) is 65.9 Å². The largest absolute Gasteiger partial charge is 0.369 e.